The first-order valence-electron chi connectivity index (χ1n) is 10.9. The molecule has 2 N–H and O–H groups in total. The first kappa shape index (κ1) is 22.6. The van der Waals surface area contributed by atoms with E-state index < -0.39 is 4.92 Å². The van der Waals surface area contributed by atoms with E-state index in [0.717, 1.165) is 12.0 Å². The monoisotopic (exact) mass is 464 g/mol. The molecule has 0 radical (unpaired) electrons. The lowest BCUT2D eigenvalue weighted by atomic mass is 9.93. The molecular formula is C24H24N4O4S. The second-order valence-corrected chi connectivity index (χ2v) is 9.02. The van der Waals surface area contributed by atoms with Crippen molar-refractivity contribution in [3.05, 3.63) is 86.4 Å². The molecule has 0 saturated heterocycles. The fraction of sp³-hybridized carbons (Fsp3) is 0.292. The number of hydrogen-bond acceptors (Lipinski definition) is 6. The summed E-state index contributed by atoms with van der Waals surface area (Å²) in [6.07, 6.45) is 7.29. The zero-order valence-electron chi connectivity index (χ0n) is 17.9. The molecule has 0 aliphatic heterocycles. The van der Waals surface area contributed by atoms with Gasteiger partial charge in [0.15, 0.2) is 5.01 Å². The van der Waals surface area contributed by atoms with Crippen LogP contribution in [-0.4, -0.2) is 21.7 Å². The van der Waals surface area contributed by atoms with E-state index in [1.54, 1.807) is 23.7 Å². The van der Waals surface area contributed by atoms with E-state index in [1.807, 2.05) is 12.1 Å². The van der Waals surface area contributed by atoms with Gasteiger partial charge in [-0.05, 0) is 42.2 Å². The van der Waals surface area contributed by atoms with E-state index in [4.69, 9.17) is 0 Å². The average Bonchev–Trinajstić information content (AvgIpc) is 3.54. The number of thiazole rings is 1. The summed E-state index contributed by atoms with van der Waals surface area (Å²) in [4.78, 5) is 39.5. The van der Waals surface area contributed by atoms with Crippen LogP contribution in [0.3, 0.4) is 0 Å². The zero-order valence-corrected chi connectivity index (χ0v) is 18.7. The van der Waals surface area contributed by atoms with Crippen LogP contribution in [0.15, 0.2) is 60.1 Å². The van der Waals surface area contributed by atoms with Crippen molar-refractivity contribution >= 4 is 34.5 Å². The number of amides is 2. The van der Waals surface area contributed by atoms with Crippen molar-refractivity contribution in [1.82, 2.24) is 10.3 Å². The van der Waals surface area contributed by atoms with Crippen LogP contribution in [0, 0.1) is 16.0 Å². The van der Waals surface area contributed by atoms with E-state index in [-0.39, 0.29) is 23.5 Å². The van der Waals surface area contributed by atoms with Crippen LogP contribution in [0.1, 0.15) is 63.9 Å². The molecule has 1 aromatic heterocycles. The Labute approximate surface area is 195 Å². The van der Waals surface area contributed by atoms with Crippen LogP contribution in [0.2, 0.25) is 0 Å². The molecule has 1 heterocycles. The first-order chi connectivity index (χ1) is 16.0. The first-order valence-corrected chi connectivity index (χ1v) is 11.7. The Kier molecular flexibility index (Phi) is 7.09. The van der Waals surface area contributed by atoms with Gasteiger partial charge in [-0.3, -0.25) is 19.7 Å². The largest absolute Gasteiger partial charge is 0.343 e. The number of nitro benzene ring substituents is 1. The number of hydrogen-bond donors (Lipinski definition) is 2. The summed E-state index contributed by atoms with van der Waals surface area (Å²) in [5.74, 6) is 0.0499. The molecule has 1 atom stereocenters. The second-order valence-electron chi connectivity index (χ2n) is 8.13. The van der Waals surface area contributed by atoms with Gasteiger partial charge in [0.25, 0.3) is 17.5 Å². The number of non-ortho nitro benzene ring substituents is 1. The van der Waals surface area contributed by atoms with E-state index in [9.17, 15) is 19.7 Å². The number of rotatable bonds is 8. The summed E-state index contributed by atoms with van der Waals surface area (Å²) in [5, 5.41) is 18.9. The lowest BCUT2D eigenvalue weighted by molar-refractivity contribution is -0.384. The van der Waals surface area contributed by atoms with Crippen molar-refractivity contribution in [3.8, 4) is 0 Å². The van der Waals surface area contributed by atoms with Gasteiger partial charge in [-0.1, -0.05) is 37.8 Å². The van der Waals surface area contributed by atoms with Crippen LogP contribution < -0.4 is 10.6 Å². The van der Waals surface area contributed by atoms with Gasteiger partial charge in [-0.15, -0.1) is 11.3 Å². The van der Waals surface area contributed by atoms with Crippen LogP contribution >= 0.6 is 11.3 Å². The standard InChI is InChI=1S/C24H24N4O4S/c29-22(18-7-11-20(12-8-18)28(31)32)26-19-9-5-17(6-10-19)21(15-16-3-1-2-4-16)27-23(30)24-25-13-14-33-24/h5-14,16,21H,1-4,15H2,(H,26,29)(H,27,30). The van der Waals surface area contributed by atoms with Crippen molar-refractivity contribution in [2.24, 2.45) is 5.92 Å². The Morgan fingerprint density at radius 2 is 1.76 bits per heavy atom. The van der Waals surface area contributed by atoms with E-state index >= 15 is 0 Å². The highest BCUT2D eigenvalue weighted by Gasteiger charge is 2.24. The Balaban J connectivity index is 1.45. The Hall–Kier alpha value is -3.59. The smallest absolute Gasteiger partial charge is 0.280 e. The van der Waals surface area contributed by atoms with Gasteiger partial charge in [0.2, 0.25) is 0 Å². The molecule has 170 valence electrons. The summed E-state index contributed by atoms with van der Waals surface area (Å²) in [5.41, 5.74) is 1.84. The lowest BCUT2D eigenvalue weighted by Gasteiger charge is -2.22. The number of anilines is 1. The second kappa shape index (κ2) is 10.4. The average molecular weight is 465 g/mol. The predicted molar refractivity (Wildman–Crippen MR) is 126 cm³/mol. The minimum Gasteiger partial charge on any atom is -0.343 e. The molecule has 1 aliphatic rings. The summed E-state index contributed by atoms with van der Waals surface area (Å²) >= 11 is 1.31. The highest BCUT2D eigenvalue weighted by molar-refractivity contribution is 7.11. The van der Waals surface area contributed by atoms with E-state index in [2.05, 4.69) is 15.6 Å². The highest BCUT2D eigenvalue weighted by atomic mass is 32.1. The van der Waals surface area contributed by atoms with Crippen LogP contribution in [0.25, 0.3) is 0 Å². The van der Waals surface area contributed by atoms with E-state index in [0.29, 0.717) is 22.2 Å². The molecule has 1 unspecified atom stereocenters. The molecule has 2 aromatic carbocycles. The number of carbonyl (C=O) groups excluding carboxylic acids is 2. The maximum absolute atomic E-state index is 12.6. The van der Waals surface area contributed by atoms with Gasteiger partial charge in [-0.25, -0.2) is 4.98 Å². The van der Waals surface area contributed by atoms with Crippen molar-refractivity contribution in [3.63, 3.8) is 0 Å². The third-order valence-electron chi connectivity index (χ3n) is 5.89. The molecule has 9 heteroatoms. The number of nitrogens with zero attached hydrogens (tertiary/aromatic N) is 2. The lowest BCUT2D eigenvalue weighted by Crippen LogP contribution is -2.29. The SMILES string of the molecule is O=C(Nc1ccc(C(CC2CCCC2)NC(=O)c2nccs2)cc1)c1ccc([N+](=O)[O-])cc1. The van der Waals surface area contributed by atoms with Crippen molar-refractivity contribution in [2.45, 2.75) is 38.1 Å². The summed E-state index contributed by atoms with van der Waals surface area (Å²) < 4.78 is 0. The number of aromatic nitrogens is 1. The minimum absolute atomic E-state index is 0.0657. The number of nitrogens with one attached hydrogen (secondary N) is 2. The van der Waals surface area contributed by atoms with Crippen molar-refractivity contribution in [2.75, 3.05) is 5.32 Å². The maximum Gasteiger partial charge on any atom is 0.280 e. The molecular weight excluding hydrogens is 440 g/mol. The van der Waals surface area contributed by atoms with Gasteiger partial charge in [0.05, 0.1) is 11.0 Å². The Morgan fingerprint density at radius 1 is 1.06 bits per heavy atom. The molecule has 2 amide bonds. The molecule has 0 spiro atoms. The van der Waals surface area contributed by atoms with Gasteiger partial charge < -0.3 is 10.6 Å². The fourth-order valence-corrected chi connectivity index (χ4v) is 4.69. The van der Waals surface area contributed by atoms with Gasteiger partial charge in [-0.2, -0.15) is 0 Å². The number of benzene rings is 2. The van der Waals surface area contributed by atoms with Gasteiger partial charge >= 0.3 is 0 Å². The molecule has 8 nitrogen and oxygen atoms in total. The van der Waals surface area contributed by atoms with Crippen molar-refractivity contribution < 1.29 is 14.5 Å². The molecule has 1 saturated carbocycles. The minimum atomic E-state index is -0.504. The summed E-state index contributed by atoms with van der Waals surface area (Å²) in [6, 6.07) is 12.7. The molecule has 1 fully saturated rings. The molecule has 3 aromatic rings. The molecule has 1 aliphatic carbocycles. The quantitative estimate of drug-likeness (QED) is 0.344. The number of carbonyl (C=O) groups is 2. The third-order valence-corrected chi connectivity index (χ3v) is 6.66. The maximum atomic E-state index is 12.6. The predicted octanol–water partition coefficient (Wildman–Crippen LogP) is 5.36. The van der Waals surface area contributed by atoms with E-state index in [1.165, 1.54) is 61.3 Å². The summed E-state index contributed by atoms with van der Waals surface area (Å²) in [6.45, 7) is 0. The Bertz CT molecular complexity index is 1110. The van der Waals surface area contributed by atoms with Crippen LogP contribution in [0.5, 0.6) is 0 Å². The Morgan fingerprint density at radius 3 is 2.36 bits per heavy atom. The third kappa shape index (κ3) is 5.81. The normalized spacial score (nSPS) is 14.5. The molecule has 33 heavy (non-hydrogen) atoms. The van der Waals surface area contributed by atoms with Crippen LogP contribution in [-0.2, 0) is 0 Å². The fourth-order valence-electron chi connectivity index (χ4n) is 4.15. The van der Waals surface area contributed by atoms with Gasteiger partial charge in [0.1, 0.15) is 0 Å². The highest BCUT2D eigenvalue weighted by Crippen LogP contribution is 2.33. The zero-order chi connectivity index (χ0) is 23.2. The molecule has 0 bridgehead atoms. The number of nitro groups is 1. The summed E-state index contributed by atoms with van der Waals surface area (Å²) in [7, 11) is 0. The van der Waals surface area contributed by atoms with Gasteiger partial charge in [0, 0.05) is 35.0 Å². The van der Waals surface area contributed by atoms with Crippen LogP contribution in [0.4, 0.5) is 11.4 Å². The molecule has 4 rings (SSSR count). The topological polar surface area (TPSA) is 114 Å². The van der Waals surface area contributed by atoms with Crippen molar-refractivity contribution in [1.29, 1.82) is 0 Å².